The van der Waals surface area contributed by atoms with Gasteiger partial charge in [-0.3, -0.25) is 4.79 Å². The smallest absolute Gasteiger partial charge is 0.161 e. The Kier molecular flexibility index (Phi) is 5.35. The summed E-state index contributed by atoms with van der Waals surface area (Å²) < 4.78 is 0. The molecule has 0 aliphatic carbocycles. The van der Waals surface area contributed by atoms with Crippen molar-refractivity contribution in [2.75, 3.05) is 0 Å². The van der Waals surface area contributed by atoms with Gasteiger partial charge in [-0.2, -0.15) is 0 Å². The van der Waals surface area contributed by atoms with E-state index in [0.717, 1.165) is 18.4 Å². The van der Waals surface area contributed by atoms with Crippen LogP contribution in [0.3, 0.4) is 0 Å². The first-order valence-electron chi connectivity index (χ1n) is 4.47. The van der Waals surface area contributed by atoms with Crippen molar-refractivity contribution < 1.29 is 4.79 Å². The van der Waals surface area contributed by atoms with Crippen molar-refractivity contribution in [2.45, 2.75) is 33.6 Å². The Morgan fingerprint density at radius 1 is 1.58 bits per heavy atom. The van der Waals surface area contributed by atoms with E-state index in [0.29, 0.717) is 0 Å². The molecule has 1 atom stereocenters. The summed E-state index contributed by atoms with van der Waals surface area (Å²) in [6.45, 7) is 9.48. The predicted molar refractivity (Wildman–Crippen MR) is 53.0 cm³/mol. The summed E-state index contributed by atoms with van der Waals surface area (Å²) in [6, 6.07) is 0. The van der Waals surface area contributed by atoms with Crippen LogP contribution in [-0.4, -0.2) is 5.78 Å². The normalized spacial score (nSPS) is 14.1. The lowest BCUT2D eigenvalue weighted by atomic mass is 9.96. The Morgan fingerprint density at radius 2 is 2.17 bits per heavy atom. The van der Waals surface area contributed by atoms with Crippen molar-refractivity contribution in [2.24, 2.45) is 5.92 Å². The highest BCUT2D eigenvalue weighted by molar-refractivity contribution is 5.96. The zero-order chi connectivity index (χ0) is 9.56. The van der Waals surface area contributed by atoms with Gasteiger partial charge < -0.3 is 0 Å². The molecule has 1 heteroatoms. The van der Waals surface area contributed by atoms with E-state index < -0.39 is 0 Å². The maximum atomic E-state index is 11.5. The molecule has 68 valence electrons. The summed E-state index contributed by atoms with van der Waals surface area (Å²) in [7, 11) is 0. The topological polar surface area (TPSA) is 17.1 Å². The maximum absolute atomic E-state index is 11.5. The lowest BCUT2D eigenvalue weighted by Gasteiger charge is -2.07. The van der Waals surface area contributed by atoms with Crippen molar-refractivity contribution in [3.8, 4) is 0 Å². The number of allylic oxidation sites excluding steroid dienone is 3. The fraction of sp³-hybridized carbons (Fsp3) is 0.545. The van der Waals surface area contributed by atoms with Crippen LogP contribution in [0.4, 0.5) is 0 Å². The van der Waals surface area contributed by atoms with Crippen LogP contribution < -0.4 is 0 Å². The minimum absolute atomic E-state index is 0.159. The molecule has 12 heavy (non-hydrogen) atoms. The zero-order valence-electron chi connectivity index (χ0n) is 8.26. The van der Waals surface area contributed by atoms with Crippen LogP contribution in [0.1, 0.15) is 33.6 Å². The van der Waals surface area contributed by atoms with Gasteiger partial charge in [0.15, 0.2) is 5.78 Å². The molecule has 0 aromatic rings. The molecule has 0 spiro atoms. The third-order valence-electron chi connectivity index (χ3n) is 1.93. The van der Waals surface area contributed by atoms with Crippen LogP contribution in [0.25, 0.3) is 0 Å². The first-order chi connectivity index (χ1) is 5.63. The Hall–Kier alpha value is -0.850. The van der Waals surface area contributed by atoms with Crippen molar-refractivity contribution in [1.29, 1.82) is 0 Å². The molecule has 0 fully saturated rings. The molecule has 0 amide bonds. The highest BCUT2D eigenvalue weighted by Gasteiger charge is 2.12. The second-order valence-electron chi connectivity index (χ2n) is 3.14. The van der Waals surface area contributed by atoms with Gasteiger partial charge in [-0.15, -0.1) is 0 Å². The maximum Gasteiger partial charge on any atom is 0.161 e. The third kappa shape index (κ3) is 3.51. The van der Waals surface area contributed by atoms with E-state index in [1.54, 1.807) is 12.2 Å². The van der Waals surface area contributed by atoms with Crippen LogP contribution in [0.2, 0.25) is 0 Å². The molecule has 0 heterocycles. The van der Waals surface area contributed by atoms with Gasteiger partial charge in [0.2, 0.25) is 0 Å². The van der Waals surface area contributed by atoms with Gasteiger partial charge in [0.1, 0.15) is 0 Å². The predicted octanol–water partition coefficient (Wildman–Crippen LogP) is 3.12. The van der Waals surface area contributed by atoms with E-state index in [9.17, 15) is 4.79 Å². The van der Waals surface area contributed by atoms with Crippen LogP contribution in [0.15, 0.2) is 24.3 Å². The Balaban J connectivity index is 4.18. The summed E-state index contributed by atoms with van der Waals surface area (Å²) in [5.41, 5.74) is 0.811. The number of hydrogen-bond donors (Lipinski definition) is 0. The number of rotatable bonds is 5. The Labute approximate surface area is 75.2 Å². The van der Waals surface area contributed by atoms with E-state index in [1.165, 1.54) is 0 Å². The second kappa shape index (κ2) is 5.76. The minimum atomic E-state index is 0.159. The SMILES string of the molecule is C=C/C=C(\C)C(=O)C(C)CCC. The average molecular weight is 166 g/mol. The summed E-state index contributed by atoms with van der Waals surface area (Å²) >= 11 is 0. The molecule has 1 nitrogen and oxygen atoms in total. The molecule has 0 aromatic heterocycles. The molecule has 0 aliphatic heterocycles. The van der Waals surface area contributed by atoms with Crippen molar-refractivity contribution in [3.05, 3.63) is 24.3 Å². The largest absolute Gasteiger partial charge is 0.294 e. The quantitative estimate of drug-likeness (QED) is 0.453. The van der Waals surface area contributed by atoms with E-state index in [2.05, 4.69) is 13.5 Å². The second-order valence-corrected chi connectivity index (χ2v) is 3.14. The monoisotopic (exact) mass is 166 g/mol. The minimum Gasteiger partial charge on any atom is -0.294 e. The molecule has 0 saturated heterocycles. The molecular formula is C11H18O. The number of carbonyl (C=O) groups is 1. The highest BCUT2D eigenvalue weighted by Crippen LogP contribution is 2.11. The standard InChI is InChI=1S/C11H18O/c1-5-7-9(3)11(12)10(4)8-6-2/h5,7,10H,1,6,8H2,2-4H3/b9-7+. The summed E-state index contributed by atoms with van der Waals surface area (Å²) in [5, 5.41) is 0. The molecule has 0 N–H and O–H groups in total. The molecule has 0 aliphatic rings. The van der Waals surface area contributed by atoms with E-state index in [-0.39, 0.29) is 11.7 Å². The van der Waals surface area contributed by atoms with Crippen LogP contribution in [0, 0.1) is 5.92 Å². The summed E-state index contributed by atoms with van der Waals surface area (Å²) in [4.78, 5) is 11.5. The van der Waals surface area contributed by atoms with E-state index in [4.69, 9.17) is 0 Å². The van der Waals surface area contributed by atoms with Gasteiger partial charge in [-0.25, -0.2) is 0 Å². The first kappa shape index (κ1) is 11.2. The Bertz CT molecular complexity index is 189. The van der Waals surface area contributed by atoms with E-state index in [1.807, 2.05) is 13.8 Å². The van der Waals surface area contributed by atoms with Gasteiger partial charge in [0, 0.05) is 5.92 Å². The molecule has 0 aromatic carbocycles. The summed E-state index contributed by atoms with van der Waals surface area (Å²) in [6.07, 6.45) is 5.47. The van der Waals surface area contributed by atoms with Gasteiger partial charge in [0.25, 0.3) is 0 Å². The molecular weight excluding hydrogens is 148 g/mol. The van der Waals surface area contributed by atoms with Gasteiger partial charge in [-0.05, 0) is 18.9 Å². The molecule has 1 unspecified atom stereocenters. The zero-order valence-corrected chi connectivity index (χ0v) is 8.26. The fourth-order valence-electron chi connectivity index (χ4n) is 1.21. The molecule has 0 bridgehead atoms. The lowest BCUT2D eigenvalue weighted by molar-refractivity contribution is -0.118. The van der Waals surface area contributed by atoms with Crippen molar-refractivity contribution in [1.82, 2.24) is 0 Å². The average Bonchev–Trinajstić information content (AvgIpc) is 2.04. The van der Waals surface area contributed by atoms with Gasteiger partial charge in [-0.1, -0.05) is 39.0 Å². The number of ketones is 1. The van der Waals surface area contributed by atoms with Crippen molar-refractivity contribution >= 4 is 5.78 Å². The third-order valence-corrected chi connectivity index (χ3v) is 1.93. The summed E-state index contributed by atoms with van der Waals surface area (Å²) in [5.74, 6) is 0.406. The van der Waals surface area contributed by atoms with E-state index >= 15 is 0 Å². The van der Waals surface area contributed by atoms with Crippen LogP contribution >= 0.6 is 0 Å². The molecule has 0 rings (SSSR count). The van der Waals surface area contributed by atoms with Crippen LogP contribution in [0.5, 0.6) is 0 Å². The lowest BCUT2D eigenvalue weighted by Crippen LogP contribution is -2.11. The number of hydrogen-bond acceptors (Lipinski definition) is 1. The fourth-order valence-corrected chi connectivity index (χ4v) is 1.21. The van der Waals surface area contributed by atoms with Crippen molar-refractivity contribution in [3.63, 3.8) is 0 Å². The first-order valence-corrected chi connectivity index (χ1v) is 4.47. The van der Waals surface area contributed by atoms with Crippen LogP contribution in [-0.2, 0) is 4.79 Å². The van der Waals surface area contributed by atoms with Gasteiger partial charge >= 0.3 is 0 Å². The molecule has 0 radical (unpaired) electrons. The van der Waals surface area contributed by atoms with Gasteiger partial charge in [0.05, 0.1) is 0 Å². The molecule has 0 saturated carbocycles. The number of Topliss-reactive ketones (excluding diaryl/α,β-unsaturated/α-hetero) is 1. The Morgan fingerprint density at radius 3 is 2.58 bits per heavy atom. The number of carbonyl (C=O) groups excluding carboxylic acids is 1. The highest BCUT2D eigenvalue weighted by atomic mass is 16.1.